The average Bonchev–Trinajstić information content (AvgIpc) is 2.79. The van der Waals surface area contributed by atoms with E-state index in [-0.39, 0.29) is 19.3 Å². The summed E-state index contributed by atoms with van der Waals surface area (Å²) in [6.07, 6.45) is -3.40. The van der Waals surface area contributed by atoms with E-state index in [0.717, 1.165) is 5.56 Å². The number of carbonyl (C=O) groups is 3. The summed E-state index contributed by atoms with van der Waals surface area (Å²) in [5.41, 5.74) is 1.38. The third-order valence-corrected chi connectivity index (χ3v) is 5.96. The molecule has 0 saturated carbocycles. The zero-order valence-corrected chi connectivity index (χ0v) is 20.1. The van der Waals surface area contributed by atoms with Crippen molar-refractivity contribution in [3.05, 3.63) is 69.7 Å². The fraction of sp³-hybridized carbons (Fsp3) is 0.375. The molecule has 0 aliphatic carbocycles. The number of nitrogens with one attached hydrogen (secondary N) is 2. The first kappa shape index (κ1) is 27.7. The van der Waals surface area contributed by atoms with Gasteiger partial charge in [-0.15, -0.1) is 0 Å². The Hall–Kier alpha value is -2.58. The van der Waals surface area contributed by atoms with E-state index in [1.807, 2.05) is 0 Å². The smallest absolute Gasteiger partial charge is 0.301 e. The van der Waals surface area contributed by atoms with Crippen LogP contribution in [0.15, 0.2) is 48.5 Å². The topological polar surface area (TPSA) is 75.3 Å². The molecule has 2 aromatic rings. The lowest BCUT2D eigenvalue weighted by Crippen LogP contribution is -2.61. The predicted octanol–water partition coefficient (Wildman–Crippen LogP) is 4.93. The molecule has 0 aromatic heterocycles. The maximum absolute atomic E-state index is 15.2. The van der Waals surface area contributed by atoms with Crippen molar-refractivity contribution in [3.63, 3.8) is 0 Å². The minimum Gasteiger partial charge on any atom is -0.344 e. The Morgan fingerprint density at radius 2 is 1.62 bits per heavy atom. The number of rotatable bonds is 11. The highest BCUT2D eigenvalue weighted by Crippen LogP contribution is 2.25. The second-order valence-electron chi connectivity index (χ2n) is 8.08. The molecule has 2 N–H and O–H groups in total. The van der Waals surface area contributed by atoms with Crippen LogP contribution in [0, 0.1) is 5.92 Å². The number of Topliss-reactive ketones (excluding diaryl/α,β-unsaturated/α-hetero) is 1. The van der Waals surface area contributed by atoms with Crippen molar-refractivity contribution in [2.75, 3.05) is 0 Å². The lowest BCUT2D eigenvalue weighted by Gasteiger charge is -2.30. The summed E-state index contributed by atoms with van der Waals surface area (Å²) in [5.74, 6) is -8.21. The van der Waals surface area contributed by atoms with Crippen LogP contribution in [0.5, 0.6) is 0 Å². The number of benzene rings is 2. The molecule has 0 aliphatic rings. The van der Waals surface area contributed by atoms with Crippen LogP contribution in [0.1, 0.15) is 31.4 Å². The first-order valence-corrected chi connectivity index (χ1v) is 11.3. The number of hydrogen-bond donors (Lipinski definition) is 2. The van der Waals surface area contributed by atoms with E-state index in [9.17, 15) is 23.2 Å². The largest absolute Gasteiger partial charge is 0.344 e. The molecule has 0 unspecified atom stereocenters. The highest BCUT2D eigenvalue weighted by molar-refractivity contribution is 6.42. The van der Waals surface area contributed by atoms with Gasteiger partial charge in [0.05, 0.1) is 10.0 Å². The minimum absolute atomic E-state index is 0.0303. The first-order valence-electron chi connectivity index (χ1n) is 10.5. The van der Waals surface area contributed by atoms with Crippen molar-refractivity contribution in [3.8, 4) is 0 Å². The van der Waals surface area contributed by atoms with Gasteiger partial charge in [0, 0.05) is 18.8 Å². The molecule has 0 aliphatic heterocycles. The second kappa shape index (κ2) is 12.2. The Labute approximate surface area is 206 Å². The van der Waals surface area contributed by atoms with Crippen LogP contribution >= 0.6 is 23.2 Å². The van der Waals surface area contributed by atoms with Crippen LogP contribution in [0.3, 0.4) is 0 Å². The van der Waals surface area contributed by atoms with Gasteiger partial charge in [-0.25, -0.2) is 13.2 Å². The Kier molecular flexibility index (Phi) is 9.94. The molecule has 2 atom stereocenters. The zero-order valence-electron chi connectivity index (χ0n) is 18.6. The summed E-state index contributed by atoms with van der Waals surface area (Å²) in [6, 6.07) is 12.2. The standard InChI is InChI=1S/C24H25Cl2F3N2O3/c1-14(2)24(29,21(33)22(27)28)31-23(34)19(13-15-6-4-3-5-7-15)30-20(32)11-9-16-8-10-17(25)18(26)12-16/h3-8,10,12,14,19,22H,9,11,13H2,1-2H3,(H,30,32)(H,31,34)/t19-,24+/m0/s1. The summed E-state index contributed by atoms with van der Waals surface area (Å²) >= 11 is 11.9. The highest BCUT2D eigenvalue weighted by atomic mass is 35.5. The molecule has 0 radical (unpaired) electrons. The van der Waals surface area contributed by atoms with Crippen molar-refractivity contribution in [1.29, 1.82) is 0 Å². The number of hydrogen-bond acceptors (Lipinski definition) is 3. The summed E-state index contributed by atoms with van der Waals surface area (Å²) in [7, 11) is 0. The third kappa shape index (κ3) is 7.46. The average molecular weight is 517 g/mol. The van der Waals surface area contributed by atoms with Crippen molar-refractivity contribution in [2.24, 2.45) is 5.92 Å². The quantitative estimate of drug-likeness (QED) is 0.416. The van der Waals surface area contributed by atoms with E-state index in [0.29, 0.717) is 15.6 Å². The van der Waals surface area contributed by atoms with Gasteiger partial charge in [-0.3, -0.25) is 14.4 Å². The van der Waals surface area contributed by atoms with Crippen molar-refractivity contribution in [2.45, 2.75) is 51.4 Å². The molecule has 184 valence electrons. The number of halogens is 5. The van der Waals surface area contributed by atoms with E-state index in [4.69, 9.17) is 23.2 Å². The molecule has 10 heteroatoms. The predicted molar refractivity (Wildman–Crippen MR) is 125 cm³/mol. The number of carbonyl (C=O) groups excluding carboxylic acids is 3. The first-order chi connectivity index (χ1) is 15.9. The molecule has 2 amide bonds. The van der Waals surface area contributed by atoms with Crippen LogP contribution in [0.2, 0.25) is 10.0 Å². The Bertz CT molecular complexity index is 1020. The SMILES string of the molecule is CC(C)[C@@](F)(NC(=O)[C@H](Cc1ccccc1)NC(=O)CCc1ccc(Cl)c(Cl)c1)C(=O)C(F)F. The van der Waals surface area contributed by atoms with Gasteiger partial charge in [-0.05, 0) is 29.7 Å². The van der Waals surface area contributed by atoms with E-state index >= 15 is 4.39 Å². The van der Waals surface area contributed by atoms with Crippen LogP contribution in [0.25, 0.3) is 0 Å². The van der Waals surface area contributed by atoms with E-state index in [1.165, 1.54) is 13.8 Å². The highest BCUT2D eigenvalue weighted by Gasteiger charge is 2.48. The fourth-order valence-electron chi connectivity index (χ4n) is 3.19. The molecule has 0 heterocycles. The van der Waals surface area contributed by atoms with Gasteiger partial charge in [0.2, 0.25) is 17.6 Å². The summed E-state index contributed by atoms with van der Waals surface area (Å²) in [5, 5.41) is 5.02. The number of ketones is 1. The monoisotopic (exact) mass is 516 g/mol. The van der Waals surface area contributed by atoms with Crippen molar-refractivity contribution >= 4 is 40.8 Å². The zero-order chi connectivity index (χ0) is 25.5. The molecular weight excluding hydrogens is 492 g/mol. The van der Waals surface area contributed by atoms with Crippen LogP contribution < -0.4 is 10.6 Å². The summed E-state index contributed by atoms with van der Waals surface area (Å²) < 4.78 is 41.1. The summed E-state index contributed by atoms with van der Waals surface area (Å²) in [4.78, 5) is 37.3. The van der Waals surface area contributed by atoms with Gasteiger partial charge in [0.25, 0.3) is 5.78 Å². The third-order valence-electron chi connectivity index (χ3n) is 5.22. The molecule has 0 bridgehead atoms. The maximum Gasteiger partial charge on any atom is 0.301 e. The number of amides is 2. The molecule has 2 aromatic carbocycles. The molecule has 0 saturated heterocycles. The van der Waals surface area contributed by atoms with Gasteiger partial charge in [0.1, 0.15) is 6.04 Å². The fourth-order valence-corrected chi connectivity index (χ4v) is 3.51. The van der Waals surface area contributed by atoms with Gasteiger partial charge >= 0.3 is 6.43 Å². The molecule has 5 nitrogen and oxygen atoms in total. The van der Waals surface area contributed by atoms with Crippen molar-refractivity contribution in [1.82, 2.24) is 10.6 Å². The Balaban J connectivity index is 2.17. The van der Waals surface area contributed by atoms with E-state index in [1.54, 1.807) is 53.8 Å². The second-order valence-corrected chi connectivity index (χ2v) is 8.89. The van der Waals surface area contributed by atoms with Crippen LogP contribution in [-0.4, -0.2) is 35.9 Å². The molecule has 34 heavy (non-hydrogen) atoms. The Morgan fingerprint density at radius 1 is 0.971 bits per heavy atom. The lowest BCUT2D eigenvalue weighted by molar-refractivity contribution is -0.152. The number of alkyl halides is 3. The molecule has 0 fully saturated rings. The molecule has 0 spiro atoms. The van der Waals surface area contributed by atoms with Gasteiger partial charge in [-0.1, -0.05) is 73.4 Å². The van der Waals surface area contributed by atoms with Gasteiger partial charge in [-0.2, -0.15) is 0 Å². The van der Waals surface area contributed by atoms with E-state index < -0.39 is 41.8 Å². The normalized spacial score (nSPS) is 13.9. The van der Waals surface area contributed by atoms with E-state index in [2.05, 4.69) is 5.32 Å². The Morgan fingerprint density at radius 3 is 2.18 bits per heavy atom. The van der Waals surface area contributed by atoms with Crippen LogP contribution in [0.4, 0.5) is 13.2 Å². The minimum atomic E-state index is -3.61. The lowest BCUT2D eigenvalue weighted by atomic mass is 9.95. The number of aryl methyl sites for hydroxylation is 1. The van der Waals surface area contributed by atoms with Crippen molar-refractivity contribution < 1.29 is 27.6 Å². The molecular formula is C24H25Cl2F3N2O3. The van der Waals surface area contributed by atoms with Gasteiger partial charge < -0.3 is 10.6 Å². The maximum atomic E-state index is 15.2. The van der Waals surface area contributed by atoms with Crippen LogP contribution in [-0.2, 0) is 27.2 Å². The molecule has 2 rings (SSSR count). The summed E-state index contributed by atoms with van der Waals surface area (Å²) in [6.45, 7) is 2.39. The van der Waals surface area contributed by atoms with Gasteiger partial charge in [0.15, 0.2) is 0 Å².